The highest BCUT2D eigenvalue weighted by Crippen LogP contribution is 2.19. The van der Waals surface area contributed by atoms with E-state index in [-0.39, 0.29) is 23.5 Å². The lowest BCUT2D eigenvalue weighted by Crippen LogP contribution is -2.28. The third kappa shape index (κ3) is 4.82. The Morgan fingerprint density at radius 3 is 2.80 bits per heavy atom. The number of carbonyl (C=O) groups is 1. The van der Waals surface area contributed by atoms with Gasteiger partial charge in [0.1, 0.15) is 0 Å². The quantitative estimate of drug-likeness (QED) is 0.312. The standard InChI is InChI=1S/C12H17N3O5/c1-19-6-7-20-5-4-14-12(16)10-8-9(15(17)18)2-3-11(10)13/h2-3,8H,4-7,13H2,1H3,(H,14,16). The van der Waals surface area contributed by atoms with E-state index in [9.17, 15) is 14.9 Å². The van der Waals surface area contributed by atoms with Crippen LogP contribution in [0.5, 0.6) is 0 Å². The van der Waals surface area contributed by atoms with Crippen LogP contribution in [-0.2, 0) is 9.47 Å². The minimum Gasteiger partial charge on any atom is -0.398 e. The molecule has 0 heterocycles. The summed E-state index contributed by atoms with van der Waals surface area (Å²) in [6.07, 6.45) is 0. The third-order valence-corrected chi connectivity index (χ3v) is 2.46. The first-order valence-corrected chi connectivity index (χ1v) is 5.95. The van der Waals surface area contributed by atoms with Crippen LogP contribution in [0.4, 0.5) is 11.4 Å². The average Bonchev–Trinajstić information content (AvgIpc) is 2.42. The molecule has 1 aromatic rings. The van der Waals surface area contributed by atoms with Crippen LogP contribution in [0.1, 0.15) is 10.4 Å². The number of nitrogens with two attached hydrogens (primary N) is 1. The molecule has 1 rings (SSSR count). The molecular weight excluding hydrogens is 266 g/mol. The van der Waals surface area contributed by atoms with Crippen molar-refractivity contribution >= 4 is 17.3 Å². The average molecular weight is 283 g/mol. The van der Waals surface area contributed by atoms with E-state index in [0.717, 1.165) is 6.07 Å². The van der Waals surface area contributed by atoms with Gasteiger partial charge in [-0.1, -0.05) is 0 Å². The fraction of sp³-hybridized carbons (Fsp3) is 0.417. The molecule has 0 aromatic heterocycles. The molecule has 0 atom stereocenters. The number of nitro groups is 1. The summed E-state index contributed by atoms with van der Waals surface area (Å²) >= 11 is 0. The van der Waals surface area contributed by atoms with Crippen molar-refractivity contribution in [1.82, 2.24) is 5.32 Å². The summed E-state index contributed by atoms with van der Waals surface area (Å²) in [6.45, 7) is 1.52. The van der Waals surface area contributed by atoms with E-state index >= 15 is 0 Å². The molecule has 0 spiro atoms. The molecule has 1 aromatic carbocycles. The molecule has 0 radical (unpaired) electrons. The zero-order valence-corrected chi connectivity index (χ0v) is 11.1. The van der Waals surface area contributed by atoms with Gasteiger partial charge in [-0.3, -0.25) is 14.9 Å². The molecule has 1 amide bonds. The number of ether oxygens (including phenoxy) is 2. The fourth-order valence-electron chi connectivity index (χ4n) is 1.43. The van der Waals surface area contributed by atoms with Gasteiger partial charge in [0.05, 0.1) is 30.3 Å². The first kappa shape index (κ1) is 15.9. The Bertz CT molecular complexity index is 478. The van der Waals surface area contributed by atoms with E-state index in [1.54, 1.807) is 7.11 Å². The van der Waals surface area contributed by atoms with Crippen LogP contribution in [0.25, 0.3) is 0 Å². The number of carbonyl (C=O) groups excluding carboxylic acids is 1. The predicted octanol–water partition coefficient (Wildman–Crippen LogP) is 0.570. The van der Waals surface area contributed by atoms with Crippen LogP contribution in [0.15, 0.2) is 18.2 Å². The minimum absolute atomic E-state index is 0.0797. The second-order valence-electron chi connectivity index (χ2n) is 3.89. The van der Waals surface area contributed by atoms with E-state index in [4.69, 9.17) is 15.2 Å². The van der Waals surface area contributed by atoms with Gasteiger partial charge in [-0.25, -0.2) is 0 Å². The van der Waals surface area contributed by atoms with Crippen LogP contribution < -0.4 is 11.1 Å². The van der Waals surface area contributed by atoms with Gasteiger partial charge in [0.25, 0.3) is 11.6 Å². The topological polar surface area (TPSA) is 117 Å². The van der Waals surface area contributed by atoms with Gasteiger partial charge in [-0.15, -0.1) is 0 Å². The Kier molecular flexibility index (Phi) is 6.41. The van der Waals surface area contributed by atoms with Crippen molar-refractivity contribution in [3.05, 3.63) is 33.9 Å². The summed E-state index contributed by atoms with van der Waals surface area (Å²) < 4.78 is 9.97. The van der Waals surface area contributed by atoms with Gasteiger partial charge in [-0.05, 0) is 6.07 Å². The fourth-order valence-corrected chi connectivity index (χ4v) is 1.43. The van der Waals surface area contributed by atoms with Gasteiger partial charge < -0.3 is 20.5 Å². The first-order valence-electron chi connectivity index (χ1n) is 5.95. The Labute approximate surface area is 116 Å². The van der Waals surface area contributed by atoms with Gasteiger partial charge in [0.15, 0.2) is 0 Å². The number of non-ortho nitro benzene ring substituents is 1. The maximum absolute atomic E-state index is 11.8. The Morgan fingerprint density at radius 2 is 2.15 bits per heavy atom. The number of nitrogen functional groups attached to an aromatic ring is 1. The lowest BCUT2D eigenvalue weighted by molar-refractivity contribution is -0.384. The summed E-state index contributed by atoms with van der Waals surface area (Å²) in [4.78, 5) is 21.9. The van der Waals surface area contributed by atoms with Crippen molar-refractivity contribution < 1.29 is 19.2 Å². The van der Waals surface area contributed by atoms with Gasteiger partial charge >= 0.3 is 0 Å². The molecule has 0 bridgehead atoms. The van der Waals surface area contributed by atoms with Crippen LogP contribution in [0.2, 0.25) is 0 Å². The maximum atomic E-state index is 11.8. The Hall–Kier alpha value is -2.19. The van der Waals surface area contributed by atoms with Crippen LogP contribution in [0, 0.1) is 10.1 Å². The maximum Gasteiger partial charge on any atom is 0.270 e. The zero-order valence-electron chi connectivity index (χ0n) is 11.1. The largest absolute Gasteiger partial charge is 0.398 e. The summed E-state index contributed by atoms with van der Waals surface area (Å²) in [7, 11) is 1.57. The normalized spacial score (nSPS) is 10.2. The summed E-state index contributed by atoms with van der Waals surface area (Å²) in [5, 5.41) is 13.2. The number of rotatable bonds is 8. The summed E-state index contributed by atoms with van der Waals surface area (Å²) in [6, 6.07) is 3.73. The van der Waals surface area contributed by atoms with E-state index < -0.39 is 10.8 Å². The van der Waals surface area contributed by atoms with Crippen LogP contribution >= 0.6 is 0 Å². The summed E-state index contributed by atoms with van der Waals surface area (Å²) in [5.41, 5.74) is 5.72. The molecular formula is C12H17N3O5. The molecule has 0 aliphatic rings. The van der Waals surface area contributed by atoms with Crippen molar-refractivity contribution in [1.29, 1.82) is 0 Å². The molecule has 3 N–H and O–H groups in total. The number of nitrogens with zero attached hydrogens (tertiary/aromatic N) is 1. The first-order chi connectivity index (χ1) is 9.56. The van der Waals surface area contributed by atoms with Crippen molar-refractivity contribution in [3.8, 4) is 0 Å². The van der Waals surface area contributed by atoms with Crippen LogP contribution in [-0.4, -0.2) is 44.3 Å². The number of nitro benzene ring substituents is 1. The Balaban J connectivity index is 2.50. The smallest absolute Gasteiger partial charge is 0.270 e. The lowest BCUT2D eigenvalue weighted by Gasteiger charge is -2.08. The second kappa shape index (κ2) is 8.08. The second-order valence-corrected chi connectivity index (χ2v) is 3.89. The highest BCUT2D eigenvalue weighted by atomic mass is 16.6. The number of hydrogen-bond donors (Lipinski definition) is 2. The number of amides is 1. The number of hydrogen-bond acceptors (Lipinski definition) is 6. The number of nitrogens with one attached hydrogen (secondary N) is 1. The van der Waals surface area contributed by atoms with Gasteiger partial charge in [-0.2, -0.15) is 0 Å². The molecule has 8 heteroatoms. The third-order valence-electron chi connectivity index (χ3n) is 2.46. The van der Waals surface area contributed by atoms with E-state index in [1.807, 2.05) is 0 Å². The zero-order chi connectivity index (χ0) is 15.0. The molecule has 110 valence electrons. The molecule has 0 aliphatic carbocycles. The molecule has 20 heavy (non-hydrogen) atoms. The van der Waals surface area contributed by atoms with Crippen molar-refractivity contribution in [2.75, 3.05) is 39.2 Å². The van der Waals surface area contributed by atoms with E-state index in [1.165, 1.54) is 12.1 Å². The van der Waals surface area contributed by atoms with E-state index in [0.29, 0.717) is 19.8 Å². The number of anilines is 1. The van der Waals surface area contributed by atoms with Crippen molar-refractivity contribution in [2.24, 2.45) is 0 Å². The highest BCUT2D eigenvalue weighted by Gasteiger charge is 2.14. The number of benzene rings is 1. The molecule has 0 saturated heterocycles. The summed E-state index contributed by atoms with van der Waals surface area (Å²) in [5.74, 6) is -0.471. The van der Waals surface area contributed by atoms with Gasteiger partial charge in [0.2, 0.25) is 0 Å². The minimum atomic E-state index is -0.579. The SMILES string of the molecule is COCCOCCNC(=O)c1cc([N+](=O)[O-])ccc1N. The van der Waals surface area contributed by atoms with Gasteiger partial charge in [0, 0.05) is 31.5 Å². The van der Waals surface area contributed by atoms with Crippen LogP contribution in [0.3, 0.4) is 0 Å². The van der Waals surface area contributed by atoms with Crippen molar-refractivity contribution in [3.63, 3.8) is 0 Å². The molecule has 0 aliphatic heterocycles. The predicted molar refractivity (Wildman–Crippen MR) is 72.5 cm³/mol. The lowest BCUT2D eigenvalue weighted by atomic mass is 10.1. The van der Waals surface area contributed by atoms with Crippen molar-refractivity contribution in [2.45, 2.75) is 0 Å². The van der Waals surface area contributed by atoms with E-state index in [2.05, 4.69) is 5.32 Å². The molecule has 0 fully saturated rings. The highest BCUT2D eigenvalue weighted by molar-refractivity contribution is 5.99. The Morgan fingerprint density at radius 1 is 1.40 bits per heavy atom. The molecule has 0 saturated carbocycles. The number of methoxy groups -OCH3 is 1. The molecule has 0 unspecified atom stereocenters. The monoisotopic (exact) mass is 283 g/mol. The molecule has 8 nitrogen and oxygen atoms in total.